The maximum absolute atomic E-state index is 12.4. The van der Waals surface area contributed by atoms with E-state index >= 15 is 0 Å². The zero-order valence-corrected chi connectivity index (χ0v) is 15.0. The van der Waals surface area contributed by atoms with Crippen molar-refractivity contribution in [3.05, 3.63) is 51.5 Å². The van der Waals surface area contributed by atoms with Crippen molar-refractivity contribution in [3.63, 3.8) is 0 Å². The normalized spacial score (nSPS) is 12.5. The van der Waals surface area contributed by atoms with E-state index in [0.29, 0.717) is 38.5 Å². The summed E-state index contributed by atoms with van der Waals surface area (Å²) in [5.74, 6) is 0.823. The second-order valence-electron chi connectivity index (χ2n) is 5.24. The first kappa shape index (κ1) is 17.9. The molecular weight excluding hydrogens is 379 g/mol. The SMILES string of the molecule is COc1cc(/C=C(\C#N)C(=O)Nc2cc(Cl)cc(Cl)c2)cc2c1OCO2. The van der Waals surface area contributed by atoms with E-state index in [1.54, 1.807) is 18.2 Å². The van der Waals surface area contributed by atoms with Gasteiger partial charge in [-0.2, -0.15) is 5.26 Å². The van der Waals surface area contributed by atoms with Crippen LogP contribution in [0.3, 0.4) is 0 Å². The Morgan fingerprint density at radius 2 is 1.96 bits per heavy atom. The Kier molecular flexibility index (Phi) is 5.21. The Labute approximate surface area is 159 Å². The summed E-state index contributed by atoms with van der Waals surface area (Å²) >= 11 is 11.8. The fourth-order valence-electron chi connectivity index (χ4n) is 2.37. The van der Waals surface area contributed by atoms with Crippen LogP contribution in [0.15, 0.2) is 35.9 Å². The van der Waals surface area contributed by atoms with Gasteiger partial charge in [0.05, 0.1) is 7.11 Å². The first-order valence-electron chi connectivity index (χ1n) is 7.37. The van der Waals surface area contributed by atoms with Gasteiger partial charge in [-0.25, -0.2) is 0 Å². The number of amides is 1. The standard InChI is InChI=1S/C18H12Cl2N2O4/c1-24-15-3-10(4-16-17(15)26-9-25-16)2-11(8-21)18(23)22-14-6-12(19)5-13(20)7-14/h2-7H,9H2,1H3,(H,22,23)/b11-2+. The summed E-state index contributed by atoms with van der Waals surface area (Å²) in [6.07, 6.45) is 1.42. The number of methoxy groups -OCH3 is 1. The molecule has 6 nitrogen and oxygen atoms in total. The zero-order valence-electron chi connectivity index (χ0n) is 13.5. The number of hydrogen-bond donors (Lipinski definition) is 1. The van der Waals surface area contributed by atoms with Gasteiger partial charge in [0.1, 0.15) is 11.6 Å². The highest BCUT2D eigenvalue weighted by molar-refractivity contribution is 6.35. The molecule has 0 aliphatic carbocycles. The summed E-state index contributed by atoms with van der Waals surface area (Å²) in [4.78, 5) is 12.4. The summed E-state index contributed by atoms with van der Waals surface area (Å²) in [6.45, 7) is 0.0833. The van der Waals surface area contributed by atoms with Crippen LogP contribution in [-0.2, 0) is 4.79 Å². The van der Waals surface area contributed by atoms with E-state index in [2.05, 4.69) is 5.32 Å². The van der Waals surface area contributed by atoms with Gasteiger partial charge < -0.3 is 19.5 Å². The van der Waals surface area contributed by atoms with Crippen LogP contribution in [0.25, 0.3) is 6.08 Å². The number of nitrogens with zero attached hydrogens (tertiary/aromatic N) is 1. The number of rotatable bonds is 4. The van der Waals surface area contributed by atoms with Gasteiger partial charge >= 0.3 is 0 Å². The lowest BCUT2D eigenvalue weighted by atomic mass is 10.1. The van der Waals surface area contributed by atoms with E-state index in [1.165, 1.54) is 25.3 Å². The fraction of sp³-hybridized carbons (Fsp3) is 0.111. The van der Waals surface area contributed by atoms with Gasteiger partial charge in [-0.15, -0.1) is 0 Å². The van der Waals surface area contributed by atoms with E-state index in [4.69, 9.17) is 37.4 Å². The number of benzene rings is 2. The van der Waals surface area contributed by atoms with Crippen LogP contribution in [0, 0.1) is 11.3 Å². The van der Waals surface area contributed by atoms with Crippen molar-refractivity contribution in [2.75, 3.05) is 19.2 Å². The second kappa shape index (κ2) is 7.56. The molecule has 0 unspecified atom stereocenters. The summed E-state index contributed by atoms with van der Waals surface area (Å²) in [5.41, 5.74) is 0.834. The van der Waals surface area contributed by atoms with Gasteiger partial charge in [-0.1, -0.05) is 23.2 Å². The summed E-state index contributed by atoms with van der Waals surface area (Å²) < 4.78 is 15.9. The van der Waals surface area contributed by atoms with Crippen LogP contribution in [0.1, 0.15) is 5.56 Å². The predicted octanol–water partition coefficient (Wildman–Crippen LogP) is 4.28. The molecule has 2 aromatic carbocycles. The van der Waals surface area contributed by atoms with Crippen molar-refractivity contribution in [1.29, 1.82) is 5.26 Å². The maximum Gasteiger partial charge on any atom is 0.266 e. The lowest BCUT2D eigenvalue weighted by Gasteiger charge is -2.07. The number of hydrogen-bond acceptors (Lipinski definition) is 5. The van der Waals surface area contributed by atoms with Crippen LogP contribution in [0.5, 0.6) is 17.2 Å². The Balaban J connectivity index is 1.88. The average Bonchev–Trinajstić information content (AvgIpc) is 3.06. The topological polar surface area (TPSA) is 80.6 Å². The van der Waals surface area contributed by atoms with Gasteiger partial charge in [-0.05, 0) is 42.0 Å². The van der Waals surface area contributed by atoms with Crippen molar-refractivity contribution >= 4 is 40.9 Å². The van der Waals surface area contributed by atoms with Crippen molar-refractivity contribution in [1.82, 2.24) is 0 Å². The number of ether oxygens (including phenoxy) is 3. The number of nitriles is 1. The van der Waals surface area contributed by atoms with E-state index in [9.17, 15) is 10.1 Å². The molecule has 132 valence electrons. The average molecular weight is 391 g/mol. The minimum absolute atomic E-state index is 0.0833. The minimum Gasteiger partial charge on any atom is -0.493 e. The molecule has 1 aliphatic rings. The maximum atomic E-state index is 12.4. The molecule has 2 aromatic rings. The Morgan fingerprint density at radius 1 is 1.23 bits per heavy atom. The number of fused-ring (bicyclic) bond motifs is 1. The minimum atomic E-state index is -0.595. The van der Waals surface area contributed by atoms with Gasteiger partial charge in [0.15, 0.2) is 11.5 Å². The first-order valence-corrected chi connectivity index (χ1v) is 8.12. The zero-order chi connectivity index (χ0) is 18.7. The van der Waals surface area contributed by atoms with Gasteiger partial charge in [0.25, 0.3) is 5.91 Å². The number of nitrogens with one attached hydrogen (secondary N) is 1. The summed E-state index contributed by atoms with van der Waals surface area (Å²) in [6, 6.07) is 9.78. The first-order chi connectivity index (χ1) is 12.5. The monoisotopic (exact) mass is 390 g/mol. The third kappa shape index (κ3) is 3.85. The smallest absolute Gasteiger partial charge is 0.266 e. The largest absolute Gasteiger partial charge is 0.493 e. The molecule has 1 N–H and O–H groups in total. The van der Waals surface area contributed by atoms with Crippen LogP contribution in [0.4, 0.5) is 5.69 Å². The quantitative estimate of drug-likeness (QED) is 0.622. The molecule has 0 atom stereocenters. The number of anilines is 1. The Bertz CT molecular complexity index is 931. The van der Waals surface area contributed by atoms with E-state index in [-0.39, 0.29) is 12.4 Å². The van der Waals surface area contributed by atoms with Crippen molar-refractivity contribution in [2.45, 2.75) is 0 Å². The summed E-state index contributed by atoms with van der Waals surface area (Å²) in [7, 11) is 1.49. The van der Waals surface area contributed by atoms with Crippen LogP contribution in [0.2, 0.25) is 10.0 Å². The molecule has 0 saturated heterocycles. The second-order valence-corrected chi connectivity index (χ2v) is 6.11. The van der Waals surface area contributed by atoms with Crippen LogP contribution >= 0.6 is 23.2 Å². The number of carbonyl (C=O) groups excluding carboxylic acids is 1. The highest BCUT2D eigenvalue weighted by Crippen LogP contribution is 2.42. The lowest BCUT2D eigenvalue weighted by Crippen LogP contribution is -2.13. The molecule has 26 heavy (non-hydrogen) atoms. The molecular formula is C18H12Cl2N2O4. The van der Waals surface area contributed by atoms with E-state index in [0.717, 1.165) is 0 Å². The molecule has 1 amide bonds. The third-order valence-corrected chi connectivity index (χ3v) is 3.91. The van der Waals surface area contributed by atoms with Crippen molar-refractivity contribution < 1.29 is 19.0 Å². The number of halogens is 2. The molecule has 0 radical (unpaired) electrons. The third-order valence-electron chi connectivity index (χ3n) is 3.48. The highest BCUT2D eigenvalue weighted by atomic mass is 35.5. The molecule has 8 heteroatoms. The van der Waals surface area contributed by atoms with Crippen molar-refractivity contribution in [2.24, 2.45) is 0 Å². The summed E-state index contributed by atoms with van der Waals surface area (Å²) in [5, 5.41) is 12.7. The molecule has 0 bridgehead atoms. The molecule has 0 fully saturated rings. The van der Waals surface area contributed by atoms with Gasteiger partial charge in [-0.3, -0.25) is 4.79 Å². The molecule has 1 aliphatic heterocycles. The molecule has 3 rings (SSSR count). The molecule has 0 saturated carbocycles. The fourth-order valence-corrected chi connectivity index (χ4v) is 2.90. The van der Waals surface area contributed by atoms with E-state index in [1.807, 2.05) is 6.07 Å². The van der Waals surface area contributed by atoms with Crippen LogP contribution in [-0.4, -0.2) is 19.8 Å². The molecule has 0 aromatic heterocycles. The van der Waals surface area contributed by atoms with Crippen molar-refractivity contribution in [3.8, 4) is 23.3 Å². The highest BCUT2D eigenvalue weighted by Gasteiger charge is 2.20. The van der Waals surface area contributed by atoms with Gasteiger partial charge in [0, 0.05) is 15.7 Å². The predicted molar refractivity (Wildman–Crippen MR) is 97.8 cm³/mol. The van der Waals surface area contributed by atoms with E-state index < -0.39 is 5.91 Å². The lowest BCUT2D eigenvalue weighted by molar-refractivity contribution is -0.112. The molecule has 1 heterocycles. The van der Waals surface area contributed by atoms with Gasteiger partial charge in [0.2, 0.25) is 12.5 Å². The molecule has 0 spiro atoms. The Morgan fingerprint density at radius 3 is 2.62 bits per heavy atom. The van der Waals surface area contributed by atoms with Crippen LogP contribution < -0.4 is 19.5 Å². The Hall–Kier alpha value is -2.88. The number of carbonyl (C=O) groups is 1.